The maximum Gasteiger partial charge on any atom is 0.0776 e. The first-order chi connectivity index (χ1) is 8.90. The monoisotopic (exact) mass is 281 g/mol. The van der Waals surface area contributed by atoms with Crippen LogP contribution in [0.2, 0.25) is 5.02 Å². The van der Waals surface area contributed by atoms with Crippen LogP contribution in [-0.2, 0) is 0 Å². The van der Waals surface area contributed by atoms with E-state index in [0.717, 1.165) is 12.1 Å². The zero-order valence-electron chi connectivity index (χ0n) is 12.2. The summed E-state index contributed by atoms with van der Waals surface area (Å²) in [7, 11) is 0. The predicted molar refractivity (Wildman–Crippen MR) is 81.8 cm³/mol. The first-order valence-electron chi connectivity index (χ1n) is 7.14. The summed E-state index contributed by atoms with van der Waals surface area (Å²) < 4.78 is 0. The third kappa shape index (κ3) is 3.06. The summed E-state index contributed by atoms with van der Waals surface area (Å²) in [6.07, 6.45) is 0.773. The molecule has 1 heterocycles. The topological polar surface area (TPSA) is 23.5 Å². The van der Waals surface area contributed by atoms with Gasteiger partial charge in [-0.2, -0.15) is 0 Å². The number of hydrogen-bond acceptors (Lipinski definition) is 2. The van der Waals surface area contributed by atoms with Gasteiger partial charge < -0.3 is 10.0 Å². The van der Waals surface area contributed by atoms with Crippen LogP contribution in [0.4, 0.5) is 5.69 Å². The SMILES string of the molecule is CC1CC(C)C(C)N(c2ccc(C(C)O)c(Cl)c2)C1. The Bertz CT molecular complexity index is 446. The van der Waals surface area contributed by atoms with Crippen molar-refractivity contribution in [3.8, 4) is 0 Å². The van der Waals surface area contributed by atoms with E-state index in [1.807, 2.05) is 12.1 Å². The molecule has 1 aliphatic heterocycles. The number of hydrogen-bond donors (Lipinski definition) is 1. The summed E-state index contributed by atoms with van der Waals surface area (Å²) in [5, 5.41) is 10.3. The van der Waals surface area contributed by atoms with E-state index in [1.165, 1.54) is 12.1 Å². The second-order valence-corrected chi connectivity index (χ2v) is 6.50. The molecule has 1 aliphatic rings. The lowest BCUT2D eigenvalue weighted by Gasteiger charge is -2.42. The summed E-state index contributed by atoms with van der Waals surface area (Å²) in [4.78, 5) is 2.44. The number of aliphatic hydroxyl groups excluding tert-OH is 1. The van der Waals surface area contributed by atoms with E-state index in [1.54, 1.807) is 6.92 Å². The average Bonchev–Trinajstić information content (AvgIpc) is 2.33. The lowest BCUT2D eigenvalue weighted by Crippen LogP contribution is -2.45. The minimum absolute atomic E-state index is 0.516. The lowest BCUT2D eigenvalue weighted by molar-refractivity contribution is 0.199. The van der Waals surface area contributed by atoms with E-state index in [4.69, 9.17) is 11.6 Å². The van der Waals surface area contributed by atoms with Gasteiger partial charge in [-0.3, -0.25) is 0 Å². The van der Waals surface area contributed by atoms with Gasteiger partial charge in [0.15, 0.2) is 0 Å². The van der Waals surface area contributed by atoms with E-state index < -0.39 is 6.10 Å². The molecule has 19 heavy (non-hydrogen) atoms. The molecule has 1 N–H and O–H groups in total. The van der Waals surface area contributed by atoms with Crippen molar-refractivity contribution in [3.63, 3.8) is 0 Å². The molecule has 2 rings (SSSR count). The third-order valence-electron chi connectivity index (χ3n) is 4.36. The molecule has 1 aromatic carbocycles. The Kier molecular flexibility index (Phi) is 4.42. The molecule has 106 valence electrons. The predicted octanol–water partition coefficient (Wildman–Crippen LogP) is 4.26. The van der Waals surface area contributed by atoms with Crippen molar-refractivity contribution in [2.24, 2.45) is 11.8 Å². The van der Waals surface area contributed by atoms with Crippen LogP contribution in [0.1, 0.15) is 45.8 Å². The summed E-state index contributed by atoms with van der Waals surface area (Å²) in [5.74, 6) is 1.40. The fourth-order valence-corrected chi connectivity index (χ4v) is 3.42. The molecule has 0 bridgehead atoms. The van der Waals surface area contributed by atoms with Crippen molar-refractivity contribution < 1.29 is 5.11 Å². The standard InChI is InChI=1S/C16H24ClNO/c1-10-7-11(2)12(3)18(9-10)14-5-6-15(13(4)19)16(17)8-14/h5-6,8,10-13,19H,7,9H2,1-4H3. The molecule has 1 fully saturated rings. The number of anilines is 1. The van der Waals surface area contributed by atoms with Crippen LogP contribution in [0, 0.1) is 11.8 Å². The molecule has 0 aromatic heterocycles. The Morgan fingerprint density at radius 3 is 2.58 bits per heavy atom. The van der Waals surface area contributed by atoms with Gasteiger partial charge >= 0.3 is 0 Å². The van der Waals surface area contributed by atoms with E-state index in [9.17, 15) is 5.11 Å². The molecule has 0 aliphatic carbocycles. The fourth-order valence-electron chi connectivity index (χ4n) is 3.09. The Morgan fingerprint density at radius 1 is 1.32 bits per heavy atom. The lowest BCUT2D eigenvalue weighted by atomic mass is 9.85. The Labute approximate surface area is 121 Å². The molecule has 0 radical (unpaired) electrons. The highest BCUT2D eigenvalue weighted by molar-refractivity contribution is 6.31. The summed E-state index contributed by atoms with van der Waals surface area (Å²) >= 11 is 6.28. The number of rotatable bonds is 2. The van der Waals surface area contributed by atoms with Crippen LogP contribution >= 0.6 is 11.6 Å². The average molecular weight is 282 g/mol. The molecule has 1 aromatic rings. The second kappa shape index (κ2) is 5.72. The normalized spacial score (nSPS) is 29.4. The van der Waals surface area contributed by atoms with Gasteiger partial charge in [0, 0.05) is 23.3 Å². The van der Waals surface area contributed by atoms with Crippen LogP contribution in [0.15, 0.2) is 18.2 Å². The maximum absolute atomic E-state index is 9.64. The molecule has 1 saturated heterocycles. The number of halogens is 1. The summed E-state index contributed by atoms with van der Waals surface area (Å²) in [6, 6.07) is 6.55. The first-order valence-corrected chi connectivity index (χ1v) is 7.52. The van der Waals surface area contributed by atoms with Crippen molar-refractivity contribution in [2.75, 3.05) is 11.4 Å². The molecule has 0 saturated carbocycles. The van der Waals surface area contributed by atoms with Gasteiger partial charge in [-0.25, -0.2) is 0 Å². The minimum atomic E-state index is -0.516. The Morgan fingerprint density at radius 2 is 2.00 bits per heavy atom. The van der Waals surface area contributed by atoms with Crippen molar-refractivity contribution >= 4 is 17.3 Å². The van der Waals surface area contributed by atoms with Gasteiger partial charge in [0.1, 0.15) is 0 Å². The van der Waals surface area contributed by atoms with Crippen LogP contribution in [-0.4, -0.2) is 17.7 Å². The highest BCUT2D eigenvalue weighted by Crippen LogP contribution is 2.34. The van der Waals surface area contributed by atoms with Gasteiger partial charge in [0.2, 0.25) is 0 Å². The zero-order valence-corrected chi connectivity index (χ0v) is 13.0. The smallest absolute Gasteiger partial charge is 0.0776 e. The summed E-state index contributed by atoms with van der Waals surface area (Å²) in [5.41, 5.74) is 1.97. The zero-order chi connectivity index (χ0) is 14.2. The van der Waals surface area contributed by atoms with E-state index in [0.29, 0.717) is 22.9 Å². The minimum Gasteiger partial charge on any atom is -0.389 e. The maximum atomic E-state index is 9.64. The molecular weight excluding hydrogens is 258 g/mol. The van der Waals surface area contributed by atoms with Crippen molar-refractivity contribution in [1.29, 1.82) is 0 Å². The van der Waals surface area contributed by atoms with E-state index in [2.05, 4.69) is 31.7 Å². The number of piperidine rings is 1. The number of aliphatic hydroxyl groups is 1. The molecule has 3 heteroatoms. The third-order valence-corrected chi connectivity index (χ3v) is 4.69. The van der Waals surface area contributed by atoms with E-state index in [-0.39, 0.29) is 0 Å². The van der Waals surface area contributed by atoms with Gasteiger partial charge in [-0.05, 0) is 49.8 Å². The van der Waals surface area contributed by atoms with Gasteiger partial charge in [-0.15, -0.1) is 0 Å². The van der Waals surface area contributed by atoms with Gasteiger partial charge in [-0.1, -0.05) is 31.5 Å². The van der Waals surface area contributed by atoms with Crippen molar-refractivity contribution in [1.82, 2.24) is 0 Å². The van der Waals surface area contributed by atoms with Crippen molar-refractivity contribution in [2.45, 2.75) is 46.3 Å². The highest BCUT2D eigenvalue weighted by Gasteiger charge is 2.29. The van der Waals surface area contributed by atoms with Crippen molar-refractivity contribution in [3.05, 3.63) is 28.8 Å². The second-order valence-electron chi connectivity index (χ2n) is 6.09. The Hall–Kier alpha value is -0.730. The van der Waals surface area contributed by atoms with Gasteiger partial charge in [0.25, 0.3) is 0 Å². The quantitative estimate of drug-likeness (QED) is 0.875. The molecule has 4 atom stereocenters. The van der Waals surface area contributed by atoms with Crippen LogP contribution < -0.4 is 4.90 Å². The molecule has 4 unspecified atom stereocenters. The molecule has 2 nitrogen and oxygen atoms in total. The largest absolute Gasteiger partial charge is 0.389 e. The fraction of sp³-hybridized carbons (Fsp3) is 0.625. The van der Waals surface area contributed by atoms with Crippen LogP contribution in [0.25, 0.3) is 0 Å². The van der Waals surface area contributed by atoms with Crippen LogP contribution in [0.5, 0.6) is 0 Å². The molecule has 0 spiro atoms. The highest BCUT2D eigenvalue weighted by atomic mass is 35.5. The summed E-state index contributed by atoms with van der Waals surface area (Å²) in [6.45, 7) is 9.73. The number of nitrogens with zero attached hydrogens (tertiary/aromatic N) is 1. The molecular formula is C16H24ClNO. The van der Waals surface area contributed by atoms with Crippen LogP contribution in [0.3, 0.4) is 0 Å². The first kappa shape index (κ1) is 14.7. The Balaban J connectivity index is 2.28. The van der Waals surface area contributed by atoms with Gasteiger partial charge in [0.05, 0.1) is 6.10 Å². The molecule has 0 amide bonds. The van der Waals surface area contributed by atoms with E-state index >= 15 is 0 Å². The number of benzene rings is 1.